The fraction of sp³-hybridized carbons (Fsp3) is 0.556. The Bertz CT molecular complexity index is 401. The second kappa shape index (κ2) is 4.74. The predicted octanol–water partition coefficient (Wildman–Crippen LogP) is 1.09. The summed E-state index contributed by atoms with van der Waals surface area (Å²) in [5.41, 5.74) is 0.968. The van der Waals surface area contributed by atoms with Gasteiger partial charge in [0.05, 0.1) is 12.0 Å². The van der Waals surface area contributed by atoms with E-state index < -0.39 is 29.7 Å². The number of hydrogen-bond donors (Lipinski definition) is 2. The van der Waals surface area contributed by atoms with Gasteiger partial charge < -0.3 is 0 Å². The number of nitrogens with zero attached hydrogens (tertiary/aromatic N) is 2. The van der Waals surface area contributed by atoms with Crippen molar-refractivity contribution in [3.8, 4) is 0 Å². The lowest BCUT2D eigenvalue weighted by atomic mass is 10.0. The number of carbonyl (C=O) groups is 1. The zero-order valence-corrected chi connectivity index (χ0v) is 9.32. The molecule has 1 heterocycles. The maximum Gasteiger partial charge on any atom is 0.435 e. The van der Waals surface area contributed by atoms with Gasteiger partial charge in [-0.15, -0.1) is 0 Å². The van der Waals surface area contributed by atoms with E-state index in [0.717, 1.165) is 10.7 Å². The number of rotatable bonds is 3. The fourth-order valence-electron chi connectivity index (χ4n) is 1.30. The Morgan fingerprint density at radius 1 is 1.53 bits per heavy atom. The van der Waals surface area contributed by atoms with Crippen molar-refractivity contribution in [2.75, 3.05) is 0 Å². The maximum atomic E-state index is 12.3. The Kier molecular flexibility index (Phi) is 3.76. The minimum absolute atomic E-state index is 0.457. The van der Waals surface area contributed by atoms with Gasteiger partial charge in [-0.2, -0.15) is 18.3 Å². The minimum Gasteiger partial charge on any atom is -0.294 e. The molecule has 1 rings (SSSR count). The molecule has 1 aromatic rings. The van der Waals surface area contributed by atoms with E-state index in [-0.39, 0.29) is 0 Å². The van der Waals surface area contributed by atoms with Crippen LogP contribution in [0.4, 0.5) is 13.2 Å². The van der Waals surface area contributed by atoms with Gasteiger partial charge in [-0.25, -0.2) is 5.84 Å². The summed E-state index contributed by atoms with van der Waals surface area (Å²) in [6.45, 7) is 3.15. The van der Waals surface area contributed by atoms with E-state index in [4.69, 9.17) is 5.84 Å². The Morgan fingerprint density at radius 2 is 2.12 bits per heavy atom. The summed E-state index contributed by atoms with van der Waals surface area (Å²) in [4.78, 5) is 11.2. The molecule has 1 amide bonds. The van der Waals surface area contributed by atoms with E-state index >= 15 is 0 Å². The average molecular weight is 250 g/mol. The van der Waals surface area contributed by atoms with E-state index in [0.29, 0.717) is 0 Å². The summed E-state index contributed by atoms with van der Waals surface area (Å²) < 4.78 is 38.0. The summed E-state index contributed by atoms with van der Waals surface area (Å²) in [6, 6.07) is 0.346. The third-order valence-electron chi connectivity index (χ3n) is 2.60. The van der Waals surface area contributed by atoms with Gasteiger partial charge >= 0.3 is 6.18 Å². The molecule has 8 heteroatoms. The molecule has 0 saturated heterocycles. The van der Waals surface area contributed by atoms with Gasteiger partial charge in [0.2, 0.25) is 5.91 Å². The van der Waals surface area contributed by atoms with E-state index in [1.54, 1.807) is 13.8 Å². The van der Waals surface area contributed by atoms with Gasteiger partial charge in [-0.1, -0.05) is 6.92 Å². The van der Waals surface area contributed by atoms with Crippen molar-refractivity contribution >= 4 is 5.91 Å². The molecule has 3 N–H and O–H groups in total. The molecule has 0 aliphatic carbocycles. The summed E-state index contributed by atoms with van der Waals surface area (Å²) in [5, 5.41) is 3.39. The standard InChI is InChI=1S/C9H13F3N4O/c1-5(8(17)14-13)6(2)16-4-3-7(15-16)9(10,11)12/h3-6H,13H2,1-2H3,(H,14,17). The van der Waals surface area contributed by atoms with Crippen LogP contribution >= 0.6 is 0 Å². The van der Waals surface area contributed by atoms with Crippen LogP contribution in [0, 0.1) is 5.92 Å². The molecule has 2 unspecified atom stereocenters. The lowest BCUT2D eigenvalue weighted by Crippen LogP contribution is -2.38. The SMILES string of the molecule is CC(C(=O)NN)C(C)n1ccc(C(F)(F)F)n1. The van der Waals surface area contributed by atoms with Gasteiger partial charge in [-0.3, -0.25) is 14.9 Å². The number of hydrogen-bond acceptors (Lipinski definition) is 3. The second-order valence-corrected chi connectivity index (χ2v) is 3.72. The summed E-state index contributed by atoms with van der Waals surface area (Å²) in [5.74, 6) is 3.91. The molecule has 0 spiro atoms. The van der Waals surface area contributed by atoms with Crippen molar-refractivity contribution in [1.82, 2.24) is 15.2 Å². The fourth-order valence-corrected chi connectivity index (χ4v) is 1.30. The number of hydrazine groups is 1. The van der Waals surface area contributed by atoms with Crippen molar-refractivity contribution in [2.24, 2.45) is 11.8 Å². The quantitative estimate of drug-likeness (QED) is 0.479. The highest BCUT2D eigenvalue weighted by Gasteiger charge is 2.34. The van der Waals surface area contributed by atoms with Gasteiger partial charge in [0.15, 0.2) is 5.69 Å². The zero-order valence-electron chi connectivity index (χ0n) is 9.32. The first-order valence-electron chi connectivity index (χ1n) is 4.90. The molecule has 1 aromatic heterocycles. The van der Waals surface area contributed by atoms with Gasteiger partial charge in [0, 0.05) is 6.20 Å². The number of carbonyl (C=O) groups excluding carboxylic acids is 1. The van der Waals surface area contributed by atoms with Crippen molar-refractivity contribution in [2.45, 2.75) is 26.1 Å². The molecule has 0 aliphatic rings. The number of nitrogens with one attached hydrogen (secondary N) is 1. The molecule has 0 radical (unpaired) electrons. The third kappa shape index (κ3) is 2.96. The number of halogens is 3. The van der Waals surface area contributed by atoms with Crippen molar-refractivity contribution < 1.29 is 18.0 Å². The van der Waals surface area contributed by atoms with Crippen LogP contribution in [0.15, 0.2) is 12.3 Å². The Labute approximate surface area is 95.7 Å². The second-order valence-electron chi connectivity index (χ2n) is 3.72. The zero-order chi connectivity index (χ0) is 13.2. The summed E-state index contributed by atoms with van der Waals surface area (Å²) in [6.07, 6.45) is -3.29. The molecule has 5 nitrogen and oxygen atoms in total. The Hall–Kier alpha value is -1.57. The van der Waals surface area contributed by atoms with Gasteiger partial charge in [0.1, 0.15) is 0 Å². The van der Waals surface area contributed by atoms with Crippen LogP contribution in [0.3, 0.4) is 0 Å². The normalized spacial score (nSPS) is 15.4. The molecule has 0 saturated carbocycles. The van der Waals surface area contributed by atoms with Gasteiger partial charge in [-0.05, 0) is 13.0 Å². The lowest BCUT2D eigenvalue weighted by Gasteiger charge is -2.18. The molecule has 0 aliphatic heterocycles. The molecule has 0 aromatic carbocycles. The van der Waals surface area contributed by atoms with Crippen LogP contribution < -0.4 is 11.3 Å². The minimum atomic E-state index is -4.48. The van der Waals surface area contributed by atoms with Gasteiger partial charge in [0.25, 0.3) is 0 Å². The topological polar surface area (TPSA) is 72.9 Å². The monoisotopic (exact) mass is 250 g/mol. The number of alkyl halides is 3. The first kappa shape index (κ1) is 13.5. The van der Waals surface area contributed by atoms with E-state index in [9.17, 15) is 18.0 Å². The van der Waals surface area contributed by atoms with Crippen LogP contribution in [0.2, 0.25) is 0 Å². The van der Waals surface area contributed by atoms with Crippen LogP contribution in [0.5, 0.6) is 0 Å². The smallest absolute Gasteiger partial charge is 0.294 e. The highest BCUT2D eigenvalue weighted by Crippen LogP contribution is 2.28. The molecule has 0 fully saturated rings. The van der Waals surface area contributed by atoms with E-state index in [2.05, 4.69) is 5.10 Å². The number of aromatic nitrogens is 2. The van der Waals surface area contributed by atoms with Crippen LogP contribution in [-0.2, 0) is 11.0 Å². The highest BCUT2D eigenvalue weighted by atomic mass is 19.4. The summed E-state index contributed by atoms with van der Waals surface area (Å²) in [7, 11) is 0. The molecular formula is C9H13F3N4O. The van der Waals surface area contributed by atoms with Crippen molar-refractivity contribution in [3.63, 3.8) is 0 Å². The van der Waals surface area contributed by atoms with Crippen LogP contribution in [-0.4, -0.2) is 15.7 Å². The summed E-state index contributed by atoms with van der Waals surface area (Å²) >= 11 is 0. The Morgan fingerprint density at radius 3 is 2.53 bits per heavy atom. The van der Waals surface area contributed by atoms with Crippen molar-refractivity contribution in [1.29, 1.82) is 0 Å². The van der Waals surface area contributed by atoms with Crippen LogP contribution in [0.25, 0.3) is 0 Å². The van der Waals surface area contributed by atoms with Crippen molar-refractivity contribution in [3.05, 3.63) is 18.0 Å². The number of amides is 1. The van der Waals surface area contributed by atoms with E-state index in [1.807, 2.05) is 5.43 Å². The molecule has 96 valence electrons. The van der Waals surface area contributed by atoms with E-state index in [1.165, 1.54) is 6.20 Å². The number of nitrogens with two attached hydrogens (primary N) is 1. The predicted molar refractivity (Wildman–Crippen MR) is 53.4 cm³/mol. The Balaban J connectivity index is 2.87. The molecular weight excluding hydrogens is 237 g/mol. The first-order chi connectivity index (χ1) is 7.77. The molecule has 0 bridgehead atoms. The third-order valence-corrected chi connectivity index (χ3v) is 2.60. The average Bonchev–Trinajstić information content (AvgIpc) is 2.74. The molecule has 2 atom stereocenters. The first-order valence-corrected chi connectivity index (χ1v) is 4.90. The largest absolute Gasteiger partial charge is 0.435 e. The highest BCUT2D eigenvalue weighted by molar-refractivity contribution is 5.78. The maximum absolute atomic E-state index is 12.3. The molecule has 17 heavy (non-hydrogen) atoms. The van der Waals surface area contributed by atoms with Crippen LogP contribution in [0.1, 0.15) is 25.6 Å². The lowest BCUT2D eigenvalue weighted by molar-refractivity contribution is -0.141.